The number of aromatic nitrogens is 2. The zero-order chi connectivity index (χ0) is 25.1. The number of anilines is 2. The lowest BCUT2D eigenvalue weighted by atomic mass is 10.0. The maximum Gasteiger partial charge on any atom is 0.128 e. The normalized spacial score (nSPS) is 16.1. The van der Waals surface area contributed by atoms with Crippen molar-refractivity contribution in [2.75, 3.05) is 43.1 Å². The van der Waals surface area contributed by atoms with Crippen LogP contribution < -0.4 is 15.4 Å². The van der Waals surface area contributed by atoms with E-state index in [0.717, 1.165) is 48.7 Å². The summed E-state index contributed by atoms with van der Waals surface area (Å²) in [5.74, 6) is 1.50. The number of ether oxygens (including phenoxy) is 1. The van der Waals surface area contributed by atoms with Crippen LogP contribution in [0.4, 0.5) is 11.5 Å². The van der Waals surface area contributed by atoms with Gasteiger partial charge in [0.25, 0.3) is 0 Å². The van der Waals surface area contributed by atoms with Crippen LogP contribution in [0.15, 0.2) is 48.9 Å². The first kappa shape index (κ1) is 24.8. The molecule has 1 aromatic carbocycles. The lowest BCUT2D eigenvalue weighted by Crippen LogP contribution is -2.47. The fourth-order valence-electron chi connectivity index (χ4n) is 4.49. The fraction of sp³-hybridized carbons (Fsp3) is 0.346. The standard InChI is InChI=1S/C26H32N6O2S/c1-17-14-29-15-18(2)25(17)19(3)34-21-6-7-23(27)22(13-21)26(28)20-5-8-24(30-16-20)31-9-11-32(12-10-31)35(4)33/h5-8,13-16,19,28H,9-12,27H2,1-4H3/t19-,35?/m0/s1. The largest absolute Gasteiger partial charge is 0.486 e. The van der Waals surface area contributed by atoms with Gasteiger partial charge in [-0.05, 0) is 62.2 Å². The Morgan fingerprint density at radius 3 is 2.37 bits per heavy atom. The number of piperazine rings is 1. The predicted octanol–water partition coefficient (Wildman–Crippen LogP) is 3.65. The van der Waals surface area contributed by atoms with Crippen molar-refractivity contribution >= 4 is 28.2 Å². The van der Waals surface area contributed by atoms with Crippen LogP contribution in [0.25, 0.3) is 0 Å². The predicted molar refractivity (Wildman–Crippen MR) is 142 cm³/mol. The minimum absolute atomic E-state index is 0.171. The van der Waals surface area contributed by atoms with E-state index in [9.17, 15) is 4.21 Å². The molecule has 2 atom stereocenters. The van der Waals surface area contributed by atoms with Crippen molar-refractivity contribution in [1.29, 1.82) is 5.41 Å². The third kappa shape index (κ3) is 5.52. The average Bonchev–Trinajstić information content (AvgIpc) is 2.85. The van der Waals surface area contributed by atoms with Gasteiger partial charge >= 0.3 is 0 Å². The molecular weight excluding hydrogens is 460 g/mol. The molecule has 9 heteroatoms. The summed E-state index contributed by atoms with van der Waals surface area (Å²) in [6.45, 7) is 9.08. The molecule has 0 saturated carbocycles. The van der Waals surface area contributed by atoms with Crippen LogP contribution in [0.1, 0.15) is 40.8 Å². The Morgan fingerprint density at radius 1 is 1.09 bits per heavy atom. The zero-order valence-electron chi connectivity index (χ0n) is 20.6. The minimum Gasteiger partial charge on any atom is -0.486 e. The number of hydrogen-bond donors (Lipinski definition) is 2. The highest BCUT2D eigenvalue weighted by Gasteiger charge is 2.20. The van der Waals surface area contributed by atoms with Gasteiger partial charge in [-0.1, -0.05) is 0 Å². The number of benzene rings is 1. The van der Waals surface area contributed by atoms with Gasteiger partial charge in [-0.3, -0.25) is 10.4 Å². The summed E-state index contributed by atoms with van der Waals surface area (Å²) in [7, 11) is -0.943. The van der Waals surface area contributed by atoms with E-state index in [0.29, 0.717) is 28.3 Å². The minimum atomic E-state index is -0.943. The van der Waals surface area contributed by atoms with Crippen LogP contribution in [0, 0.1) is 19.3 Å². The number of nitrogens with one attached hydrogen (secondary N) is 1. The van der Waals surface area contributed by atoms with Gasteiger partial charge in [0.05, 0.1) is 16.7 Å². The van der Waals surface area contributed by atoms with E-state index < -0.39 is 11.0 Å². The monoisotopic (exact) mass is 492 g/mol. The Morgan fingerprint density at radius 2 is 1.77 bits per heavy atom. The number of nitrogen functional groups attached to an aromatic ring is 1. The zero-order valence-corrected chi connectivity index (χ0v) is 21.4. The van der Waals surface area contributed by atoms with E-state index in [4.69, 9.17) is 15.9 Å². The summed E-state index contributed by atoms with van der Waals surface area (Å²) in [6.07, 6.45) is 6.93. The molecule has 184 valence electrons. The molecule has 3 aromatic rings. The molecule has 0 amide bonds. The van der Waals surface area contributed by atoms with Crippen molar-refractivity contribution in [3.8, 4) is 5.75 Å². The van der Waals surface area contributed by atoms with Gasteiger partial charge in [0, 0.05) is 73.4 Å². The quantitative estimate of drug-likeness (QED) is 0.385. The molecular formula is C26H32N6O2S. The van der Waals surface area contributed by atoms with Crippen molar-refractivity contribution in [2.45, 2.75) is 26.9 Å². The first-order chi connectivity index (χ1) is 16.7. The maximum atomic E-state index is 11.7. The lowest BCUT2D eigenvalue weighted by Gasteiger charge is -2.33. The Labute approximate surface area is 209 Å². The van der Waals surface area contributed by atoms with Crippen LogP contribution in [0.3, 0.4) is 0 Å². The summed E-state index contributed by atoms with van der Waals surface area (Å²) in [5, 5.41) is 8.77. The Hall–Kier alpha value is -3.30. The van der Waals surface area contributed by atoms with Crippen molar-refractivity contribution in [3.63, 3.8) is 0 Å². The van der Waals surface area contributed by atoms with Crippen molar-refractivity contribution in [2.24, 2.45) is 0 Å². The molecule has 1 aliphatic rings. The highest BCUT2D eigenvalue weighted by molar-refractivity contribution is 7.81. The third-order valence-corrected chi connectivity index (χ3v) is 7.45. The van der Waals surface area contributed by atoms with Crippen LogP contribution in [0.2, 0.25) is 0 Å². The summed E-state index contributed by atoms with van der Waals surface area (Å²) in [4.78, 5) is 11.0. The van der Waals surface area contributed by atoms with Gasteiger partial charge in [0.15, 0.2) is 0 Å². The van der Waals surface area contributed by atoms with Gasteiger partial charge in [0.1, 0.15) is 17.7 Å². The van der Waals surface area contributed by atoms with Crippen LogP contribution in [-0.4, -0.2) is 56.6 Å². The van der Waals surface area contributed by atoms with Gasteiger partial charge in [-0.25, -0.2) is 13.5 Å². The van der Waals surface area contributed by atoms with Crippen LogP contribution in [-0.2, 0) is 11.0 Å². The van der Waals surface area contributed by atoms with E-state index >= 15 is 0 Å². The summed E-state index contributed by atoms with van der Waals surface area (Å²) >= 11 is 0. The van der Waals surface area contributed by atoms with Gasteiger partial charge in [-0.2, -0.15) is 0 Å². The molecule has 8 nitrogen and oxygen atoms in total. The number of rotatable bonds is 7. The van der Waals surface area contributed by atoms with E-state index in [1.54, 1.807) is 18.5 Å². The second kappa shape index (κ2) is 10.5. The lowest BCUT2D eigenvalue weighted by molar-refractivity contribution is 0.225. The second-order valence-corrected chi connectivity index (χ2v) is 10.2. The van der Waals surface area contributed by atoms with Gasteiger partial charge in [-0.15, -0.1) is 0 Å². The molecule has 1 unspecified atom stereocenters. The summed E-state index contributed by atoms with van der Waals surface area (Å²) < 4.78 is 19.9. The molecule has 0 radical (unpaired) electrons. The fourth-order valence-corrected chi connectivity index (χ4v) is 5.17. The first-order valence-corrected chi connectivity index (χ1v) is 13.1. The molecule has 0 bridgehead atoms. The van der Waals surface area contributed by atoms with Gasteiger partial charge in [0.2, 0.25) is 0 Å². The number of hydrogen-bond acceptors (Lipinski definition) is 7. The maximum absolute atomic E-state index is 11.7. The number of nitrogens with two attached hydrogens (primary N) is 1. The molecule has 0 spiro atoms. The molecule has 2 aromatic heterocycles. The Kier molecular flexibility index (Phi) is 7.47. The van der Waals surface area contributed by atoms with E-state index in [1.807, 2.05) is 61.7 Å². The molecule has 35 heavy (non-hydrogen) atoms. The smallest absolute Gasteiger partial charge is 0.128 e. The highest BCUT2D eigenvalue weighted by atomic mass is 32.2. The van der Waals surface area contributed by atoms with Crippen LogP contribution in [0.5, 0.6) is 5.75 Å². The van der Waals surface area contributed by atoms with Crippen LogP contribution >= 0.6 is 0 Å². The van der Waals surface area contributed by atoms with E-state index in [-0.39, 0.29) is 6.10 Å². The van der Waals surface area contributed by atoms with Crippen molar-refractivity contribution < 1.29 is 8.95 Å². The van der Waals surface area contributed by atoms with Crippen molar-refractivity contribution in [1.82, 2.24) is 14.3 Å². The number of pyridine rings is 2. The number of aryl methyl sites for hydroxylation is 2. The third-order valence-electron chi connectivity index (χ3n) is 6.36. The molecule has 0 aliphatic carbocycles. The second-order valence-electron chi connectivity index (χ2n) is 8.82. The topological polar surface area (TPSA) is 108 Å². The summed E-state index contributed by atoms with van der Waals surface area (Å²) in [6, 6.07) is 9.25. The average molecular weight is 493 g/mol. The van der Waals surface area contributed by atoms with Crippen molar-refractivity contribution in [3.05, 3.63) is 76.7 Å². The summed E-state index contributed by atoms with van der Waals surface area (Å²) in [5.41, 5.74) is 11.6. The number of nitrogens with zero attached hydrogens (tertiary/aromatic N) is 4. The molecule has 1 fully saturated rings. The highest BCUT2D eigenvalue weighted by Crippen LogP contribution is 2.29. The molecule has 3 heterocycles. The molecule has 1 aliphatic heterocycles. The van der Waals surface area contributed by atoms with Gasteiger partial charge < -0.3 is 15.4 Å². The Bertz CT molecular complexity index is 1220. The molecule has 1 saturated heterocycles. The first-order valence-electron chi connectivity index (χ1n) is 11.6. The molecule has 4 rings (SSSR count). The van der Waals surface area contributed by atoms with E-state index in [1.165, 1.54) is 0 Å². The van der Waals surface area contributed by atoms with E-state index in [2.05, 4.69) is 14.9 Å². The molecule has 3 N–H and O–H groups in total. The Balaban J connectivity index is 1.49. The SMILES string of the molecule is Cc1cncc(C)c1[C@H](C)Oc1ccc(N)c(C(=N)c2ccc(N3CCN(S(C)=O)CC3)nc2)c1.